The number of sulfonamides is 1. The smallest absolute Gasteiger partial charge is 0.264 e. The van der Waals surface area contributed by atoms with Crippen LogP contribution in [0.25, 0.3) is 0 Å². The maximum absolute atomic E-state index is 13.5. The number of amides is 1. The Morgan fingerprint density at radius 1 is 0.939 bits per heavy atom. The molecule has 0 aliphatic heterocycles. The summed E-state index contributed by atoms with van der Waals surface area (Å²) in [7, 11) is -2.33. The van der Waals surface area contributed by atoms with Crippen molar-refractivity contribution in [1.82, 2.24) is 5.32 Å². The first kappa shape index (κ1) is 24.3. The zero-order valence-corrected chi connectivity index (χ0v) is 20.0. The molecule has 0 heterocycles. The molecular weight excluding hydrogens is 436 g/mol. The summed E-state index contributed by atoms with van der Waals surface area (Å²) in [6, 6.07) is 22.6. The van der Waals surface area contributed by atoms with Crippen molar-refractivity contribution in [1.29, 1.82) is 0 Å². The number of carbonyl (C=O) groups is 1. The van der Waals surface area contributed by atoms with Gasteiger partial charge >= 0.3 is 0 Å². The van der Waals surface area contributed by atoms with Crippen LogP contribution in [0.1, 0.15) is 37.4 Å². The van der Waals surface area contributed by atoms with Gasteiger partial charge in [-0.3, -0.25) is 9.10 Å². The van der Waals surface area contributed by atoms with Gasteiger partial charge in [0.1, 0.15) is 12.3 Å². The maximum atomic E-state index is 13.5. The lowest BCUT2D eigenvalue weighted by Gasteiger charge is -2.26. The molecule has 0 saturated heterocycles. The van der Waals surface area contributed by atoms with E-state index in [4.69, 9.17) is 4.74 Å². The second-order valence-electron chi connectivity index (χ2n) is 7.65. The monoisotopic (exact) mass is 466 g/mol. The van der Waals surface area contributed by atoms with Crippen molar-refractivity contribution in [2.45, 2.75) is 37.6 Å². The summed E-state index contributed by atoms with van der Waals surface area (Å²) < 4.78 is 33.3. The molecule has 3 aromatic rings. The van der Waals surface area contributed by atoms with Crippen LogP contribution >= 0.6 is 0 Å². The van der Waals surface area contributed by atoms with Crippen LogP contribution in [0.5, 0.6) is 5.75 Å². The van der Waals surface area contributed by atoms with Crippen molar-refractivity contribution in [3.63, 3.8) is 0 Å². The lowest BCUT2D eigenvalue weighted by atomic mass is 10.0. The van der Waals surface area contributed by atoms with Gasteiger partial charge in [-0.05, 0) is 60.4 Å². The molecule has 0 bridgehead atoms. The molecule has 33 heavy (non-hydrogen) atoms. The van der Waals surface area contributed by atoms with Crippen LogP contribution in [0.3, 0.4) is 0 Å². The number of hydrogen-bond acceptors (Lipinski definition) is 4. The Bertz CT molecular complexity index is 1150. The van der Waals surface area contributed by atoms with Crippen molar-refractivity contribution in [3.8, 4) is 5.75 Å². The standard InChI is InChI=1S/C26H30N2O4S/c1-4-20-11-15-22(16-12-20)28(33(30,31)24-9-7-6-8-10-24)19-26(29)27-25(5-2)21-13-17-23(32-3)18-14-21/h6-18,25H,4-5,19H2,1-3H3,(H,27,29). The van der Waals surface area contributed by atoms with E-state index in [1.54, 1.807) is 37.4 Å². The van der Waals surface area contributed by atoms with E-state index in [1.807, 2.05) is 50.2 Å². The highest BCUT2D eigenvalue weighted by Gasteiger charge is 2.28. The molecule has 0 aromatic heterocycles. The predicted molar refractivity (Wildman–Crippen MR) is 131 cm³/mol. The minimum atomic E-state index is -3.93. The highest BCUT2D eigenvalue weighted by atomic mass is 32.2. The van der Waals surface area contributed by atoms with Gasteiger partial charge in [0, 0.05) is 0 Å². The average molecular weight is 467 g/mol. The molecule has 0 aliphatic carbocycles. The fourth-order valence-electron chi connectivity index (χ4n) is 3.56. The Labute approximate surface area is 196 Å². The van der Waals surface area contributed by atoms with Crippen LogP contribution in [0.4, 0.5) is 5.69 Å². The third-order valence-electron chi connectivity index (χ3n) is 5.51. The first-order valence-electron chi connectivity index (χ1n) is 11.0. The summed E-state index contributed by atoms with van der Waals surface area (Å²) >= 11 is 0. The minimum Gasteiger partial charge on any atom is -0.497 e. The van der Waals surface area contributed by atoms with Crippen molar-refractivity contribution in [3.05, 3.63) is 90.0 Å². The number of rotatable bonds is 10. The SMILES string of the molecule is CCc1ccc(N(CC(=O)NC(CC)c2ccc(OC)cc2)S(=O)(=O)c2ccccc2)cc1. The van der Waals surface area contributed by atoms with Crippen LogP contribution in [0, 0.1) is 0 Å². The van der Waals surface area contributed by atoms with E-state index < -0.39 is 10.0 Å². The zero-order chi connectivity index (χ0) is 23.8. The van der Waals surface area contributed by atoms with Crippen LogP contribution in [-0.4, -0.2) is 28.0 Å². The Morgan fingerprint density at radius 2 is 1.58 bits per heavy atom. The van der Waals surface area contributed by atoms with E-state index in [0.29, 0.717) is 12.1 Å². The molecule has 0 fully saturated rings. The number of benzene rings is 3. The van der Waals surface area contributed by atoms with Gasteiger partial charge in [-0.25, -0.2) is 8.42 Å². The normalized spacial score (nSPS) is 12.1. The number of anilines is 1. The molecule has 1 amide bonds. The minimum absolute atomic E-state index is 0.138. The highest BCUT2D eigenvalue weighted by Crippen LogP contribution is 2.25. The molecule has 1 N–H and O–H groups in total. The molecule has 0 saturated carbocycles. The first-order valence-corrected chi connectivity index (χ1v) is 12.4. The number of carbonyl (C=O) groups excluding carboxylic acids is 1. The Hall–Kier alpha value is -3.32. The number of methoxy groups -OCH3 is 1. The average Bonchev–Trinajstić information content (AvgIpc) is 2.86. The third-order valence-corrected chi connectivity index (χ3v) is 7.30. The second-order valence-corrected chi connectivity index (χ2v) is 9.51. The highest BCUT2D eigenvalue weighted by molar-refractivity contribution is 7.92. The zero-order valence-electron chi connectivity index (χ0n) is 19.2. The fraction of sp³-hybridized carbons (Fsp3) is 0.269. The maximum Gasteiger partial charge on any atom is 0.264 e. The quantitative estimate of drug-likeness (QED) is 0.469. The van der Waals surface area contributed by atoms with Gasteiger partial charge in [-0.2, -0.15) is 0 Å². The molecule has 0 aliphatic rings. The van der Waals surface area contributed by atoms with Gasteiger partial charge < -0.3 is 10.1 Å². The molecular formula is C26H30N2O4S. The van der Waals surface area contributed by atoms with Crippen LogP contribution in [0.15, 0.2) is 83.8 Å². The molecule has 3 rings (SSSR count). The summed E-state index contributed by atoms with van der Waals surface area (Å²) in [5.74, 6) is 0.354. The summed E-state index contributed by atoms with van der Waals surface area (Å²) in [5.41, 5.74) is 2.46. The molecule has 0 spiro atoms. The largest absolute Gasteiger partial charge is 0.497 e. The third kappa shape index (κ3) is 5.93. The Kier molecular flexibility index (Phi) is 8.11. The molecule has 6 nitrogen and oxygen atoms in total. The van der Waals surface area contributed by atoms with Gasteiger partial charge in [0.05, 0.1) is 23.7 Å². The molecule has 174 valence electrons. The van der Waals surface area contributed by atoms with E-state index in [-0.39, 0.29) is 23.4 Å². The van der Waals surface area contributed by atoms with Gasteiger partial charge in [-0.15, -0.1) is 0 Å². The van der Waals surface area contributed by atoms with Gasteiger partial charge in [0.2, 0.25) is 5.91 Å². The van der Waals surface area contributed by atoms with Crippen molar-refractivity contribution < 1.29 is 17.9 Å². The summed E-state index contributed by atoms with van der Waals surface area (Å²) in [5, 5.41) is 2.98. The number of nitrogens with zero attached hydrogens (tertiary/aromatic N) is 1. The molecule has 1 unspecified atom stereocenters. The van der Waals surface area contributed by atoms with Crippen molar-refractivity contribution in [2.24, 2.45) is 0 Å². The van der Waals surface area contributed by atoms with E-state index in [1.165, 1.54) is 12.1 Å². The number of aryl methyl sites for hydroxylation is 1. The van der Waals surface area contributed by atoms with Crippen LogP contribution in [0.2, 0.25) is 0 Å². The molecule has 7 heteroatoms. The van der Waals surface area contributed by atoms with Gasteiger partial charge in [0.15, 0.2) is 0 Å². The summed E-state index contributed by atoms with van der Waals surface area (Å²) in [4.78, 5) is 13.2. The Morgan fingerprint density at radius 3 is 2.12 bits per heavy atom. The fourth-order valence-corrected chi connectivity index (χ4v) is 5.00. The van der Waals surface area contributed by atoms with E-state index >= 15 is 0 Å². The van der Waals surface area contributed by atoms with Crippen LogP contribution < -0.4 is 14.4 Å². The van der Waals surface area contributed by atoms with Gasteiger partial charge in [0.25, 0.3) is 10.0 Å². The topological polar surface area (TPSA) is 75.7 Å². The summed E-state index contributed by atoms with van der Waals surface area (Å²) in [6.07, 6.45) is 1.50. The number of hydrogen-bond donors (Lipinski definition) is 1. The van der Waals surface area contributed by atoms with E-state index in [9.17, 15) is 13.2 Å². The van der Waals surface area contributed by atoms with Crippen LogP contribution in [-0.2, 0) is 21.2 Å². The molecule has 1 atom stereocenters. The van der Waals surface area contributed by atoms with Crippen molar-refractivity contribution in [2.75, 3.05) is 18.0 Å². The lowest BCUT2D eigenvalue weighted by Crippen LogP contribution is -2.42. The lowest BCUT2D eigenvalue weighted by molar-refractivity contribution is -0.120. The summed E-state index contributed by atoms with van der Waals surface area (Å²) in [6.45, 7) is 3.68. The second kappa shape index (κ2) is 11.0. The number of nitrogens with one attached hydrogen (secondary N) is 1. The van der Waals surface area contributed by atoms with E-state index in [2.05, 4.69) is 5.32 Å². The predicted octanol–water partition coefficient (Wildman–Crippen LogP) is 4.72. The molecule has 3 aromatic carbocycles. The van der Waals surface area contributed by atoms with Crippen molar-refractivity contribution >= 4 is 21.6 Å². The molecule has 0 radical (unpaired) electrons. The van der Waals surface area contributed by atoms with E-state index in [0.717, 1.165) is 27.6 Å². The van der Waals surface area contributed by atoms with Gasteiger partial charge in [-0.1, -0.05) is 56.3 Å². The number of ether oxygens (including phenoxy) is 1. The Balaban J connectivity index is 1.87. The first-order chi connectivity index (χ1) is 15.9.